The minimum Gasteiger partial charge on any atom is -0.289 e. The summed E-state index contributed by atoms with van der Waals surface area (Å²) in [6.07, 6.45) is 0. The molecular formula is C13H8BClNO3. The van der Waals surface area contributed by atoms with Crippen LogP contribution in [0.5, 0.6) is 0 Å². The second-order valence-electron chi connectivity index (χ2n) is 3.62. The molecule has 2 rings (SSSR count). The van der Waals surface area contributed by atoms with E-state index in [4.69, 9.17) is 11.6 Å². The second kappa shape index (κ2) is 6.16. The summed E-state index contributed by atoms with van der Waals surface area (Å²) in [6, 6.07) is 12.6. The monoisotopic (exact) mass is 272 g/mol. The van der Waals surface area contributed by atoms with E-state index in [1.807, 2.05) is 0 Å². The van der Waals surface area contributed by atoms with E-state index in [0.29, 0.717) is 5.56 Å². The molecule has 0 saturated heterocycles. The van der Waals surface area contributed by atoms with E-state index >= 15 is 0 Å². The first kappa shape index (κ1) is 14.9. The maximum atomic E-state index is 12.1. The molecule has 0 atom stereocenters. The fourth-order valence-electron chi connectivity index (χ4n) is 1.55. The van der Waals surface area contributed by atoms with Crippen molar-refractivity contribution >= 4 is 31.5 Å². The number of ketones is 1. The fourth-order valence-corrected chi connectivity index (χ4v) is 1.74. The molecule has 4 nitrogen and oxygen atoms in total. The first-order valence-corrected chi connectivity index (χ1v) is 5.51. The standard InChI is InChI=1S/C13H8ClNO3.B/c14-11-7-6-10(8-12(11)15(17)18)13(16)9-4-2-1-3-5-9;/h1-8H;. The van der Waals surface area contributed by atoms with Gasteiger partial charge in [0.05, 0.1) is 4.92 Å². The Hall–Kier alpha value is -2.14. The Morgan fingerprint density at radius 2 is 1.68 bits per heavy atom. The molecule has 0 aliphatic carbocycles. The summed E-state index contributed by atoms with van der Waals surface area (Å²) in [4.78, 5) is 22.2. The third kappa shape index (κ3) is 3.20. The number of carbonyl (C=O) groups excluding carboxylic acids is 1. The van der Waals surface area contributed by atoms with E-state index in [9.17, 15) is 14.9 Å². The van der Waals surface area contributed by atoms with Gasteiger partial charge in [-0.2, -0.15) is 0 Å². The third-order valence-electron chi connectivity index (χ3n) is 2.44. The summed E-state index contributed by atoms with van der Waals surface area (Å²) < 4.78 is 0. The molecular weight excluding hydrogens is 264 g/mol. The zero-order valence-electron chi connectivity index (χ0n) is 9.75. The molecule has 3 radical (unpaired) electrons. The van der Waals surface area contributed by atoms with Crippen LogP contribution in [0.3, 0.4) is 0 Å². The SMILES string of the molecule is O=C(c1ccccc1)c1ccc(Cl)c([N+](=O)[O-])c1.[B]. The van der Waals surface area contributed by atoms with Crippen LogP contribution in [-0.4, -0.2) is 19.1 Å². The Kier molecular flexibility index (Phi) is 4.83. The Balaban J connectivity index is 0.00000180. The summed E-state index contributed by atoms with van der Waals surface area (Å²) in [5, 5.41) is 10.8. The lowest BCUT2D eigenvalue weighted by Gasteiger charge is -2.02. The van der Waals surface area contributed by atoms with Gasteiger partial charge in [0.2, 0.25) is 0 Å². The number of hydrogen-bond acceptors (Lipinski definition) is 3. The Morgan fingerprint density at radius 1 is 1.05 bits per heavy atom. The van der Waals surface area contributed by atoms with Crippen LogP contribution in [0.1, 0.15) is 15.9 Å². The Bertz CT molecular complexity index is 617. The Morgan fingerprint density at radius 3 is 2.26 bits per heavy atom. The molecule has 0 unspecified atom stereocenters. The van der Waals surface area contributed by atoms with Gasteiger partial charge in [0.1, 0.15) is 5.02 Å². The van der Waals surface area contributed by atoms with E-state index in [2.05, 4.69) is 0 Å². The van der Waals surface area contributed by atoms with Gasteiger partial charge in [0, 0.05) is 25.6 Å². The molecule has 0 bridgehead atoms. The number of nitro benzene ring substituents is 1. The highest BCUT2D eigenvalue weighted by Crippen LogP contribution is 2.26. The lowest BCUT2D eigenvalue weighted by molar-refractivity contribution is -0.384. The van der Waals surface area contributed by atoms with Crippen molar-refractivity contribution in [2.24, 2.45) is 0 Å². The molecule has 0 fully saturated rings. The van der Waals surface area contributed by atoms with Crippen molar-refractivity contribution in [2.75, 3.05) is 0 Å². The van der Waals surface area contributed by atoms with Gasteiger partial charge in [0.15, 0.2) is 5.78 Å². The molecule has 0 spiro atoms. The average Bonchev–Trinajstić information content (AvgIpc) is 2.39. The van der Waals surface area contributed by atoms with Crippen molar-refractivity contribution < 1.29 is 9.72 Å². The molecule has 0 aromatic heterocycles. The number of carbonyl (C=O) groups is 1. The highest BCUT2D eigenvalue weighted by Gasteiger charge is 2.16. The van der Waals surface area contributed by atoms with E-state index < -0.39 is 4.92 Å². The zero-order valence-corrected chi connectivity index (χ0v) is 10.5. The van der Waals surface area contributed by atoms with Gasteiger partial charge < -0.3 is 0 Å². The number of hydrogen-bond donors (Lipinski definition) is 0. The van der Waals surface area contributed by atoms with Gasteiger partial charge in [-0.3, -0.25) is 14.9 Å². The van der Waals surface area contributed by atoms with Crippen LogP contribution >= 0.6 is 11.6 Å². The van der Waals surface area contributed by atoms with Crippen molar-refractivity contribution in [3.05, 3.63) is 74.8 Å². The van der Waals surface area contributed by atoms with Crippen molar-refractivity contribution in [3.8, 4) is 0 Å². The van der Waals surface area contributed by atoms with E-state index in [1.165, 1.54) is 18.2 Å². The minimum atomic E-state index is -0.607. The molecule has 2 aromatic carbocycles. The van der Waals surface area contributed by atoms with Gasteiger partial charge in [-0.25, -0.2) is 0 Å². The van der Waals surface area contributed by atoms with Crippen LogP contribution < -0.4 is 0 Å². The maximum absolute atomic E-state index is 12.1. The van der Waals surface area contributed by atoms with Crippen LogP contribution in [0.2, 0.25) is 5.02 Å². The predicted molar refractivity (Wildman–Crippen MR) is 73.7 cm³/mol. The molecule has 93 valence electrons. The van der Waals surface area contributed by atoms with E-state index in [-0.39, 0.29) is 30.5 Å². The topological polar surface area (TPSA) is 60.2 Å². The first-order valence-electron chi connectivity index (χ1n) is 5.13. The number of rotatable bonds is 3. The molecule has 6 heteroatoms. The largest absolute Gasteiger partial charge is 0.289 e. The summed E-state index contributed by atoms with van der Waals surface area (Å²) in [5.41, 5.74) is 0.463. The van der Waals surface area contributed by atoms with Gasteiger partial charge in [-0.05, 0) is 12.1 Å². The smallest absolute Gasteiger partial charge is 0.288 e. The predicted octanol–water partition coefficient (Wildman–Crippen LogP) is 3.10. The van der Waals surface area contributed by atoms with Crippen molar-refractivity contribution in [2.45, 2.75) is 0 Å². The van der Waals surface area contributed by atoms with Gasteiger partial charge in [-0.15, -0.1) is 0 Å². The fraction of sp³-hybridized carbons (Fsp3) is 0. The molecule has 0 aliphatic rings. The average molecular weight is 272 g/mol. The maximum Gasteiger partial charge on any atom is 0.288 e. The molecule has 2 aromatic rings. The molecule has 0 saturated carbocycles. The lowest BCUT2D eigenvalue weighted by atomic mass is 10.0. The highest BCUT2D eigenvalue weighted by molar-refractivity contribution is 6.32. The zero-order chi connectivity index (χ0) is 13.1. The van der Waals surface area contributed by atoms with E-state index in [0.717, 1.165) is 0 Å². The summed E-state index contributed by atoms with van der Waals surface area (Å²) in [6.45, 7) is 0. The Labute approximate surface area is 116 Å². The number of benzene rings is 2. The molecule has 0 aliphatic heterocycles. The molecule has 0 amide bonds. The van der Waals surface area contributed by atoms with Crippen LogP contribution in [-0.2, 0) is 0 Å². The van der Waals surface area contributed by atoms with Gasteiger partial charge >= 0.3 is 0 Å². The minimum absolute atomic E-state index is 0. The van der Waals surface area contributed by atoms with Crippen molar-refractivity contribution in [3.63, 3.8) is 0 Å². The van der Waals surface area contributed by atoms with Crippen LogP contribution in [0.15, 0.2) is 48.5 Å². The summed E-state index contributed by atoms with van der Waals surface area (Å²) >= 11 is 5.69. The number of nitrogens with zero attached hydrogens (tertiary/aromatic N) is 1. The van der Waals surface area contributed by atoms with Crippen molar-refractivity contribution in [1.29, 1.82) is 0 Å². The third-order valence-corrected chi connectivity index (χ3v) is 2.76. The van der Waals surface area contributed by atoms with Crippen LogP contribution in [0.25, 0.3) is 0 Å². The van der Waals surface area contributed by atoms with Crippen molar-refractivity contribution in [1.82, 2.24) is 0 Å². The molecule has 19 heavy (non-hydrogen) atoms. The molecule has 0 N–H and O–H groups in total. The molecule has 0 heterocycles. The quantitative estimate of drug-likeness (QED) is 0.373. The van der Waals surface area contributed by atoms with E-state index in [1.54, 1.807) is 30.3 Å². The second-order valence-corrected chi connectivity index (χ2v) is 4.03. The number of halogens is 1. The van der Waals surface area contributed by atoms with Gasteiger partial charge in [-0.1, -0.05) is 41.9 Å². The van der Waals surface area contributed by atoms with Crippen LogP contribution in [0.4, 0.5) is 5.69 Å². The van der Waals surface area contributed by atoms with Crippen LogP contribution in [0, 0.1) is 10.1 Å². The lowest BCUT2D eigenvalue weighted by Crippen LogP contribution is -2.02. The summed E-state index contributed by atoms with van der Waals surface area (Å²) in [5.74, 6) is -0.268. The highest BCUT2D eigenvalue weighted by atomic mass is 35.5. The normalized spacial score (nSPS) is 9.53. The number of nitro groups is 1. The van der Waals surface area contributed by atoms with Gasteiger partial charge in [0.25, 0.3) is 5.69 Å². The first-order chi connectivity index (χ1) is 8.59. The summed E-state index contributed by atoms with van der Waals surface area (Å²) in [7, 11) is 0.